The largest absolute Gasteiger partial charge is 0.342 e. The number of fused-ring (bicyclic) bond motifs is 1. The first-order valence-corrected chi connectivity index (χ1v) is 7.05. The average molecular weight is 249 g/mol. The van der Waals surface area contributed by atoms with E-state index in [1.807, 2.05) is 17.3 Å². The summed E-state index contributed by atoms with van der Waals surface area (Å²) < 4.78 is 2.16. The second kappa shape index (κ2) is 6.03. The number of aryl methyl sites for hydroxylation is 1. The lowest BCUT2D eigenvalue weighted by atomic mass is 9.96. The molecule has 1 aliphatic heterocycles. The van der Waals surface area contributed by atoms with E-state index in [2.05, 4.69) is 23.4 Å². The number of hydrogen-bond donors (Lipinski definition) is 0. The monoisotopic (exact) mass is 249 g/mol. The number of amides is 1. The van der Waals surface area contributed by atoms with Crippen molar-refractivity contribution in [3.63, 3.8) is 0 Å². The molecule has 0 spiro atoms. The predicted octanol–water partition coefficient (Wildman–Crippen LogP) is 2.09. The minimum Gasteiger partial charge on any atom is -0.342 e. The summed E-state index contributed by atoms with van der Waals surface area (Å²) in [4.78, 5) is 18.9. The maximum atomic E-state index is 12.5. The predicted molar refractivity (Wildman–Crippen MR) is 71.2 cm³/mol. The van der Waals surface area contributed by atoms with Gasteiger partial charge in [-0.1, -0.05) is 13.8 Å². The van der Waals surface area contributed by atoms with E-state index in [0.717, 1.165) is 51.1 Å². The number of aromatic nitrogens is 2. The lowest BCUT2D eigenvalue weighted by Gasteiger charge is -2.29. The van der Waals surface area contributed by atoms with Crippen LogP contribution < -0.4 is 0 Å². The molecular formula is C14H23N3O. The molecule has 0 radical (unpaired) electrons. The van der Waals surface area contributed by atoms with Crippen molar-refractivity contribution in [2.24, 2.45) is 5.92 Å². The molecule has 1 atom stereocenters. The van der Waals surface area contributed by atoms with Crippen molar-refractivity contribution in [1.82, 2.24) is 14.5 Å². The molecule has 2 heterocycles. The molecule has 4 nitrogen and oxygen atoms in total. The van der Waals surface area contributed by atoms with Crippen molar-refractivity contribution in [1.29, 1.82) is 0 Å². The summed E-state index contributed by atoms with van der Waals surface area (Å²) in [7, 11) is 0. The highest BCUT2D eigenvalue weighted by Crippen LogP contribution is 2.21. The van der Waals surface area contributed by atoms with Crippen LogP contribution in [0, 0.1) is 5.92 Å². The van der Waals surface area contributed by atoms with Crippen LogP contribution in [0.2, 0.25) is 0 Å². The second-order valence-corrected chi connectivity index (χ2v) is 5.05. The van der Waals surface area contributed by atoms with Gasteiger partial charge in [0.1, 0.15) is 5.82 Å². The second-order valence-electron chi connectivity index (χ2n) is 5.05. The molecular weight excluding hydrogens is 226 g/mol. The topological polar surface area (TPSA) is 38.1 Å². The number of imidazole rings is 1. The smallest absolute Gasteiger partial charge is 0.226 e. The van der Waals surface area contributed by atoms with Gasteiger partial charge >= 0.3 is 0 Å². The van der Waals surface area contributed by atoms with E-state index in [4.69, 9.17) is 0 Å². The normalized spacial score (nSPS) is 18.4. The maximum Gasteiger partial charge on any atom is 0.226 e. The van der Waals surface area contributed by atoms with Gasteiger partial charge in [-0.05, 0) is 19.3 Å². The van der Waals surface area contributed by atoms with Gasteiger partial charge in [0.15, 0.2) is 0 Å². The van der Waals surface area contributed by atoms with Crippen molar-refractivity contribution in [2.45, 2.75) is 46.1 Å². The first-order chi connectivity index (χ1) is 8.76. The fourth-order valence-corrected chi connectivity index (χ4v) is 2.69. The minimum atomic E-state index is 0.137. The summed E-state index contributed by atoms with van der Waals surface area (Å²) in [5.41, 5.74) is 0. The zero-order chi connectivity index (χ0) is 13.0. The van der Waals surface area contributed by atoms with Crippen molar-refractivity contribution < 1.29 is 4.79 Å². The fraction of sp³-hybridized carbons (Fsp3) is 0.714. The molecule has 0 aliphatic carbocycles. The molecule has 2 rings (SSSR count). The lowest BCUT2D eigenvalue weighted by molar-refractivity contribution is -0.136. The first-order valence-electron chi connectivity index (χ1n) is 7.05. The van der Waals surface area contributed by atoms with E-state index in [9.17, 15) is 4.79 Å². The van der Waals surface area contributed by atoms with Crippen LogP contribution in [0.25, 0.3) is 0 Å². The Labute approximate surface area is 109 Å². The summed E-state index contributed by atoms with van der Waals surface area (Å²) in [6, 6.07) is 0. The van der Waals surface area contributed by atoms with Crippen LogP contribution in [0.3, 0.4) is 0 Å². The molecule has 1 aliphatic rings. The number of nitrogens with zero attached hydrogens (tertiary/aromatic N) is 3. The SMILES string of the molecule is CCCN(CCC)C(=O)C1CCn2ccnc2C1. The van der Waals surface area contributed by atoms with Crippen LogP contribution in [0.4, 0.5) is 0 Å². The van der Waals surface area contributed by atoms with Gasteiger partial charge in [-0.25, -0.2) is 4.98 Å². The molecule has 4 heteroatoms. The molecule has 0 saturated carbocycles. The zero-order valence-corrected chi connectivity index (χ0v) is 11.4. The van der Waals surface area contributed by atoms with Crippen molar-refractivity contribution in [3.05, 3.63) is 18.2 Å². The molecule has 1 unspecified atom stereocenters. The van der Waals surface area contributed by atoms with Gasteiger partial charge in [-0.15, -0.1) is 0 Å². The van der Waals surface area contributed by atoms with Gasteiger partial charge in [0, 0.05) is 44.4 Å². The van der Waals surface area contributed by atoms with Gasteiger partial charge < -0.3 is 9.47 Å². The zero-order valence-electron chi connectivity index (χ0n) is 11.4. The third-order valence-electron chi connectivity index (χ3n) is 3.60. The van der Waals surface area contributed by atoms with E-state index in [0.29, 0.717) is 5.91 Å². The Bertz CT molecular complexity index is 393. The van der Waals surface area contributed by atoms with E-state index < -0.39 is 0 Å². The van der Waals surface area contributed by atoms with E-state index in [-0.39, 0.29) is 5.92 Å². The van der Waals surface area contributed by atoms with Gasteiger partial charge in [0.2, 0.25) is 5.91 Å². The Morgan fingerprint density at radius 3 is 2.83 bits per heavy atom. The quantitative estimate of drug-likeness (QED) is 0.801. The number of carbonyl (C=O) groups is 1. The fourth-order valence-electron chi connectivity index (χ4n) is 2.69. The van der Waals surface area contributed by atoms with Crippen molar-refractivity contribution in [3.8, 4) is 0 Å². The van der Waals surface area contributed by atoms with E-state index in [1.54, 1.807) is 0 Å². The summed E-state index contributed by atoms with van der Waals surface area (Å²) in [6.45, 7) is 6.96. The molecule has 100 valence electrons. The Kier molecular flexibility index (Phi) is 4.39. The summed E-state index contributed by atoms with van der Waals surface area (Å²) in [5, 5.41) is 0. The molecule has 0 bridgehead atoms. The highest BCUT2D eigenvalue weighted by atomic mass is 16.2. The first kappa shape index (κ1) is 13.1. The molecule has 0 fully saturated rings. The standard InChI is InChI=1S/C14H23N3O/c1-3-7-17(8-4-2)14(18)12-5-9-16-10-6-15-13(16)11-12/h6,10,12H,3-5,7-9,11H2,1-2H3. The van der Waals surface area contributed by atoms with Crippen molar-refractivity contribution >= 4 is 5.91 Å². The molecule has 0 saturated heterocycles. The van der Waals surface area contributed by atoms with Crippen LogP contribution in [0.15, 0.2) is 12.4 Å². The Hall–Kier alpha value is -1.32. The maximum absolute atomic E-state index is 12.5. The van der Waals surface area contributed by atoms with Crippen LogP contribution in [-0.2, 0) is 17.8 Å². The summed E-state index contributed by atoms with van der Waals surface area (Å²) >= 11 is 0. The number of hydrogen-bond acceptors (Lipinski definition) is 2. The molecule has 1 amide bonds. The third-order valence-corrected chi connectivity index (χ3v) is 3.60. The van der Waals surface area contributed by atoms with Crippen molar-refractivity contribution in [2.75, 3.05) is 13.1 Å². The van der Waals surface area contributed by atoms with Gasteiger partial charge in [-0.3, -0.25) is 4.79 Å². The minimum absolute atomic E-state index is 0.137. The summed E-state index contributed by atoms with van der Waals surface area (Å²) in [6.07, 6.45) is 7.66. The Morgan fingerprint density at radius 1 is 1.44 bits per heavy atom. The van der Waals surface area contributed by atoms with Crippen LogP contribution in [-0.4, -0.2) is 33.4 Å². The molecule has 1 aromatic rings. The third kappa shape index (κ3) is 2.74. The average Bonchev–Trinajstić information content (AvgIpc) is 2.84. The van der Waals surface area contributed by atoms with Gasteiger partial charge in [-0.2, -0.15) is 0 Å². The van der Waals surface area contributed by atoms with Crippen LogP contribution in [0.1, 0.15) is 38.9 Å². The van der Waals surface area contributed by atoms with E-state index >= 15 is 0 Å². The summed E-state index contributed by atoms with van der Waals surface area (Å²) in [5.74, 6) is 1.53. The van der Waals surface area contributed by atoms with Crippen LogP contribution in [0.5, 0.6) is 0 Å². The molecule has 0 aromatic carbocycles. The van der Waals surface area contributed by atoms with Gasteiger partial charge in [0.25, 0.3) is 0 Å². The Balaban J connectivity index is 2.01. The van der Waals surface area contributed by atoms with Gasteiger partial charge in [0.05, 0.1) is 0 Å². The molecule has 0 N–H and O–H groups in total. The Morgan fingerprint density at radius 2 is 2.17 bits per heavy atom. The number of rotatable bonds is 5. The molecule has 18 heavy (non-hydrogen) atoms. The lowest BCUT2D eigenvalue weighted by Crippen LogP contribution is -2.40. The highest BCUT2D eigenvalue weighted by molar-refractivity contribution is 5.79. The highest BCUT2D eigenvalue weighted by Gasteiger charge is 2.28. The van der Waals surface area contributed by atoms with Crippen LogP contribution >= 0.6 is 0 Å². The number of carbonyl (C=O) groups excluding carboxylic acids is 1. The van der Waals surface area contributed by atoms with E-state index in [1.165, 1.54) is 0 Å². The molecule has 1 aromatic heterocycles.